The van der Waals surface area contributed by atoms with Gasteiger partial charge in [-0.1, -0.05) is 28.8 Å². The summed E-state index contributed by atoms with van der Waals surface area (Å²) in [6, 6.07) is 4.50. The maximum atomic E-state index is 12.3. The lowest BCUT2D eigenvalue weighted by molar-refractivity contribution is 0.101. The van der Waals surface area contributed by atoms with Gasteiger partial charge >= 0.3 is 0 Å². The number of rotatable bonds is 3. The van der Waals surface area contributed by atoms with Crippen molar-refractivity contribution in [2.45, 2.75) is 42.7 Å². The second-order valence-corrected chi connectivity index (χ2v) is 8.11. The maximum absolute atomic E-state index is 12.3. The molecule has 1 aromatic rings. The van der Waals surface area contributed by atoms with Crippen LogP contribution in [0.15, 0.2) is 32.0 Å². The SMILES string of the molecule is O=S(=O)(NC1CCCCC1O)c1ccc(Br)cc1Br. The molecule has 1 saturated carbocycles. The minimum atomic E-state index is -3.62. The van der Waals surface area contributed by atoms with Crippen molar-refractivity contribution in [1.82, 2.24) is 4.72 Å². The average molecular weight is 413 g/mol. The molecule has 0 bridgehead atoms. The van der Waals surface area contributed by atoms with Gasteiger partial charge in [-0.2, -0.15) is 0 Å². The van der Waals surface area contributed by atoms with Crippen LogP contribution < -0.4 is 4.72 Å². The summed E-state index contributed by atoms with van der Waals surface area (Å²) in [6.45, 7) is 0. The Morgan fingerprint density at radius 2 is 1.89 bits per heavy atom. The Balaban J connectivity index is 2.22. The Hall–Kier alpha value is 0.0500. The topological polar surface area (TPSA) is 66.4 Å². The van der Waals surface area contributed by atoms with Gasteiger partial charge in [0, 0.05) is 15.0 Å². The minimum absolute atomic E-state index is 0.188. The average Bonchev–Trinajstić information content (AvgIpc) is 2.31. The van der Waals surface area contributed by atoms with Gasteiger partial charge in [-0.25, -0.2) is 13.1 Å². The fourth-order valence-electron chi connectivity index (χ4n) is 2.20. The zero-order chi connectivity index (χ0) is 14.0. The predicted molar refractivity (Wildman–Crippen MR) is 80.4 cm³/mol. The standard InChI is InChI=1S/C12H15Br2NO3S/c13-8-5-6-12(9(14)7-8)19(17,18)15-10-3-1-2-4-11(10)16/h5-7,10-11,15-16H,1-4H2. The molecule has 1 aromatic carbocycles. The number of nitrogens with one attached hydrogen (secondary N) is 1. The fourth-order valence-corrected chi connectivity index (χ4v) is 5.25. The van der Waals surface area contributed by atoms with Gasteiger partial charge in [0.2, 0.25) is 10.0 Å². The van der Waals surface area contributed by atoms with Crippen molar-refractivity contribution in [3.63, 3.8) is 0 Å². The molecule has 0 aliphatic heterocycles. The summed E-state index contributed by atoms with van der Waals surface area (Å²) in [5.74, 6) is 0. The molecule has 4 nitrogen and oxygen atoms in total. The summed E-state index contributed by atoms with van der Waals surface area (Å²) >= 11 is 6.54. The molecular formula is C12H15Br2NO3S. The highest BCUT2D eigenvalue weighted by atomic mass is 79.9. The normalized spacial score (nSPS) is 24.4. The van der Waals surface area contributed by atoms with Gasteiger partial charge < -0.3 is 5.11 Å². The van der Waals surface area contributed by atoms with Gasteiger partial charge in [0.05, 0.1) is 11.0 Å². The number of aliphatic hydroxyl groups excluding tert-OH is 1. The first-order valence-corrected chi connectivity index (χ1v) is 9.12. The lowest BCUT2D eigenvalue weighted by atomic mass is 9.93. The Morgan fingerprint density at radius 1 is 1.21 bits per heavy atom. The summed E-state index contributed by atoms with van der Waals surface area (Å²) in [5.41, 5.74) is 0. The molecule has 0 radical (unpaired) electrons. The molecule has 2 N–H and O–H groups in total. The quantitative estimate of drug-likeness (QED) is 0.802. The molecule has 1 aliphatic carbocycles. The molecule has 0 amide bonds. The van der Waals surface area contributed by atoms with Gasteiger partial charge in [-0.3, -0.25) is 0 Å². The molecule has 1 aliphatic rings. The van der Waals surface area contributed by atoms with E-state index in [0.717, 1.165) is 17.3 Å². The minimum Gasteiger partial charge on any atom is -0.391 e. The van der Waals surface area contributed by atoms with E-state index in [1.54, 1.807) is 12.1 Å². The van der Waals surface area contributed by atoms with Crippen LogP contribution in [0.3, 0.4) is 0 Å². The molecule has 1 fully saturated rings. The van der Waals surface area contributed by atoms with E-state index in [9.17, 15) is 13.5 Å². The number of hydrogen-bond acceptors (Lipinski definition) is 3. The van der Waals surface area contributed by atoms with Crippen LogP contribution in [-0.2, 0) is 10.0 Å². The second-order valence-electron chi connectivity index (χ2n) is 4.65. The van der Waals surface area contributed by atoms with Crippen LogP contribution in [-0.4, -0.2) is 25.7 Å². The van der Waals surface area contributed by atoms with Gasteiger partial charge in [-0.05, 0) is 47.0 Å². The van der Waals surface area contributed by atoms with E-state index in [0.29, 0.717) is 17.3 Å². The molecule has 0 saturated heterocycles. The molecule has 2 atom stereocenters. The first kappa shape index (κ1) is 15.4. The molecule has 106 valence electrons. The van der Waals surface area contributed by atoms with Crippen molar-refractivity contribution in [3.8, 4) is 0 Å². The Bertz CT molecular complexity index is 562. The van der Waals surface area contributed by atoms with E-state index >= 15 is 0 Å². The summed E-state index contributed by atoms with van der Waals surface area (Å²) in [7, 11) is -3.62. The van der Waals surface area contributed by atoms with Crippen molar-refractivity contribution < 1.29 is 13.5 Å². The molecule has 19 heavy (non-hydrogen) atoms. The van der Waals surface area contributed by atoms with Crippen molar-refractivity contribution in [2.75, 3.05) is 0 Å². The van der Waals surface area contributed by atoms with Crippen molar-refractivity contribution in [2.24, 2.45) is 0 Å². The van der Waals surface area contributed by atoms with Crippen LogP contribution >= 0.6 is 31.9 Å². The summed E-state index contributed by atoms with van der Waals surface area (Å²) in [4.78, 5) is 0.188. The Morgan fingerprint density at radius 3 is 2.53 bits per heavy atom. The largest absolute Gasteiger partial charge is 0.391 e. The van der Waals surface area contributed by atoms with Gasteiger partial charge in [0.25, 0.3) is 0 Å². The van der Waals surface area contributed by atoms with Gasteiger partial charge in [0.15, 0.2) is 0 Å². The van der Waals surface area contributed by atoms with E-state index in [1.165, 1.54) is 6.07 Å². The summed E-state index contributed by atoms with van der Waals surface area (Å²) < 4.78 is 28.5. The number of aliphatic hydroxyl groups is 1. The van der Waals surface area contributed by atoms with Crippen LogP contribution in [0, 0.1) is 0 Å². The zero-order valence-electron chi connectivity index (χ0n) is 10.1. The highest BCUT2D eigenvalue weighted by molar-refractivity contribution is 9.11. The number of halogens is 2. The van der Waals surface area contributed by atoms with Crippen LogP contribution in [0.1, 0.15) is 25.7 Å². The monoisotopic (exact) mass is 411 g/mol. The van der Waals surface area contributed by atoms with Crippen LogP contribution in [0.25, 0.3) is 0 Å². The molecule has 0 aromatic heterocycles. The Labute approximate surface area is 129 Å². The molecule has 2 rings (SSSR count). The lowest BCUT2D eigenvalue weighted by Crippen LogP contribution is -2.45. The number of benzene rings is 1. The smallest absolute Gasteiger partial charge is 0.242 e. The van der Waals surface area contributed by atoms with Gasteiger partial charge in [-0.15, -0.1) is 0 Å². The van der Waals surface area contributed by atoms with Crippen molar-refractivity contribution >= 4 is 41.9 Å². The van der Waals surface area contributed by atoms with Gasteiger partial charge in [0.1, 0.15) is 0 Å². The second kappa shape index (κ2) is 6.22. The number of sulfonamides is 1. The fraction of sp³-hybridized carbons (Fsp3) is 0.500. The summed E-state index contributed by atoms with van der Waals surface area (Å²) in [6.07, 6.45) is 2.61. The molecular weight excluding hydrogens is 398 g/mol. The predicted octanol–water partition coefficient (Wildman–Crippen LogP) is 2.79. The van der Waals surface area contributed by atoms with E-state index in [-0.39, 0.29) is 4.90 Å². The van der Waals surface area contributed by atoms with E-state index in [1.807, 2.05) is 0 Å². The first-order chi connectivity index (χ1) is 8.90. The van der Waals surface area contributed by atoms with Crippen LogP contribution in [0.4, 0.5) is 0 Å². The molecule has 0 spiro atoms. The molecule has 7 heteroatoms. The van der Waals surface area contributed by atoms with Crippen LogP contribution in [0.2, 0.25) is 0 Å². The van der Waals surface area contributed by atoms with Crippen molar-refractivity contribution in [1.29, 1.82) is 0 Å². The third kappa shape index (κ3) is 3.78. The third-order valence-electron chi connectivity index (χ3n) is 3.22. The highest BCUT2D eigenvalue weighted by Crippen LogP contribution is 2.27. The summed E-state index contributed by atoms with van der Waals surface area (Å²) in [5, 5.41) is 9.85. The zero-order valence-corrected chi connectivity index (χ0v) is 14.1. The van der Waals surface area contributed by atoms with Crippen molar-refractivity contribution in [3.05, 3.63) is 27.1 Å². The maximum Gasteiger partial charge on any atom is 0.242 e. The molecule has 0 heterocycles. The lowest BCUT2D eigenvalue weighted by Gasteiger charge is -2.28. The Kier molecular flexibility index (Phi) is 5.05. The van der Waals surface area contributed by atoms with E-state index in [4.69, 9.17) is 0 Å². The third-order valence-corrected chi connectivity index (χ3v) is 6.18. The van der Waals surface area contributed by atoms with Crippen LogP contribution in [0.5, 0.6) is 0 Å². The molecule has 2 unspecified atom stereocenters. The van der Waals surface area contributed by atoms with E-state index < -0.39 is 22.2 Å². The highest BCUT2D eigenvalue weighted by Gasteiger charge is 2.29. The van der Waals surface area contributed by atoms with E-state index in [2.05, 4.69) is 36.6 Å². The number of hydrogen-bond donors (Lipinski definition) is 2. The first-order valence-electron chi connectivity index (χ1n) is 6.05.